The molecule has 118 valence electrons. The molecule has 1 rings (SSSR count). The summed E-state index contributed by atoms with van der Waals surface area (Å²) >= 11 is 0. The first-order valence-electron chi connectivity index (χ1n) is 7.73. The zero-order valence-corrected chi connectivity index (χ0v) is 13.4. The molecular formula is C17H27NO3. The van der Waals surface area contributed by atoms with Crippen molar-refractivity contribution >= 4 is 5.91 Å². The van der Waals surface area contributed by atoms with Crippen molar-refractivity contribution in [1.82, 2.24) is 5.32 Å². The van der Waals surface area contributed by atoms with E-state index in [1.807, 2.05) is 12.1 Å². The highest BCUT2D eigenvalue weighted by Gasteiger charge is 2.08. The molecule has 1 atom stereocenters. The largest absolute Gasteiger partial charge is 0.497 e. The molecule has 0 spiro atoms. The number of carbonyl (C=O) groups is 1. The molecule has 0 aliphatic rings. The summed E-state index contributed by atoms with van der Waals surface area (Å²) in [6, 6.07) is 7.21. The van der Waals surface area contributed by atoms with E-state index in [2.05, 4.69) is 19.2 Å². The Morgan fingerprint density at radius 3 is 2.43 bits per heavy atom. The van der Waals surface area contributed by atoms with Gasteiger partial charge >= 0.3 is 0 Å². The van der Waals surface area contributed by atoms with Crippen molar-refractivity contribution in [2.24, 2.45) is 5.92 Å². The van der Waals surface area contributed by atoms with Crippen LogP contribution in [0.15, 0.2) is 24.3 Å². The van der Waals surface area contributed by atoms with Crippen LogP contribution in [0.5, 0.6) is 11.5 Å². The number of unbranched alkanes of at least 4 members (excludes halogenated alkanes) is 1. The van der Waals surface area contributed by atoms with Crippen molar-refractivity contribution in [2.75, 3.05) is 20.3 Å². The summed E-state index contributed by atoms with van der Waals surface area (Å²) in [5.74, 6) is 1.94. The second kappa shape index (κ2) is 10.1. The molecule has 1 aromatic rings. The minimum Gasteiger partial charge on any atom is -0.497 e. The monoisotopic (exact) mass is 293 g/mol. The van der Waals surface area contributed by atoms with E-state index < -0.39 is 0 Å². The van der Waals surface area contributed by atoms with Crippen LogP contribution in [0, 0.1) is 5.92 Å². The molecule has 21 heavy (non-hydrogen) atoms. The number of ether oxygens (including phenoxy) is 2. The molecule has 1 N–H and O–H groups in total. The number of nitrogens with one attached hydrogen (secondary N) is 1. The number of carbonyl (C=O) groups excluding carboxylic acids is 1. The van der Waals surface area contributed by atoms with Gasteiger partial charge in [0.15, 0.2) is 6.61 Å². The zero-order valence-electron chi connectivity index (χ0n) is 13.4. The van der Waals surface area contributed by atoms with Gasteiger partial charge < -0.3 is 14.8 Å². The lowest BCUT2D eigenvalue weighted by molar-refractivity contribution is -0.123. The second-order valence-corrected chi connectivity index (χ2v) is 5.18. The second-order valence-electron chi connectivity index (χ2n) is 5.18. The predicted octanol–water partition coefficient (Wildman–Crippen LogP) is 3.41. The van der Waals surface area contributed by atoms with Gasteiger partial charge in [0.25, 0.3) is 5.91 Å². The molecule has 0 saturated carbocycles. The van der Waals surface area contributed by atoms with Gasteiger partial charge in [0.05, 0.1) is 7.11 Å². The minimum atomic E-state index is -0.0687. The molecule has 0 heterocycles. The van der Waals surface area contributed by atoms with E-state index in [0.717, 1.165) is 18.7 Å². The Hall–Kier alpha value is -1.71. The van der Waals surface area contributed by atoms with E-state index in [9.17, 15) is 4.79 Å². The number of rotatable bonds is 10. The highest BCUT2D eigenvalue weighted by molar-refractivity contribution is 5.77. The first-order chi connectivity index (χ1) is 10.2. The maximum absolute atomic E-state index is 11.8. The van der Waals surface area contributed by atoms with Gasteiger partial charge in [-0.2, -0.15) is 0 Å². The molecule has 0 aliphatic carbocycles. The highest BCUT2D eigenvalue weighted by atomic mass is 16.5. The van der Waals surface area contributed by atoms with Crippen LogP contribution >= 0.6 is 0 Å². The maximum Gasteiger partial charge on any atom is 0.257 e. The topological polar surface area (TPSA) is 47.6 Å². The van der Waals surface area contributed by atoms with Crippen molar-refractivity contribution in [3.8, 4) is 11.5 Å². The van der Waals surface area contributed by atoms with E-state index in [1.54, 1.807) is 19.2 Å². The van der Waals surface area contributed by atoms with Crippen molar-refractivity contribution < 1.29 is 14.3 Å². The highest BCUT2D eigenvalue weighted by Crippen LogP contribution is 2.16. The third-order valence-electron chi connectivity index (χ3n) is 3.56. The maximum atomic E-state index is 11.8. The summed E-state index contributed by atoms with van der Waals surface area (Å²) in [6.07, 6.45) is 4.69. The summed E-state index contributed by atoms with van der Waals surface area (Å²) in [5.41, 5.74) is 0. The summed E-state index contributed by atoms with van der Waals surface area (Å²) in [5, 5.41) is 2.95. The Morgan fingerprint density at radius 1 is 1.19 bits per heavy atom. The molecule has 0 unspecified atom stereocenters. The molecule has 0 aliphatic heterocycles. The number of benzene rings is 1. The lowest BCUT2D eigenvalue weighted by Gasteiger charge is -2.15. The van der Waals surface area contributed by atoms with Crippen LogP contribution < -0.4 is 14.8 Å². The Bertz CT molecular complexity index is 403. The average molecular weight is 293 g/mol. The van der Waals surface area contributed by atoms with Crippen LogP contribution in [0.3, 0.4) is 0 Å². The van der Waals surface area contributed by atoms with Crippen molar-refractivity contribution in [3.05, 3.63) is 24.3 Å². The number of hydrogen-bond donors (Lipinski definition) is 1. The summed E-state index contributed by atoms with van der Waals surface area (Å²) in [7, 11) is 1.62. The predicted molar refractivity (Wildman–Crippen MR) is 84.8 cm³/mol. The van der Waals surface area contributed by atoms with Crippen molar-refractivity contribution in [2.45, 2.75) is 39.5 Å². The molecule has 1 aromatic carbocycles. The van der Waals surface area contributed by atoms with Crippen LogP contribution in [0.4, 0.5) is 0 Å². The third-order valence-corrected chi connectivity index (χ3v) is 3.56. The van der Waals surface area contributed by atoms with Gasteiger partial charge in [-0.3, -0.25) is 4.79 Å². The first-order valence-corrected chi connectivity index (χ1v) is 7.73. The SMILES string of the molecule is CCCC[C@H](CC)CNC(=O)COc1ccc(OC)cc1. The van der Waals surface area contributed by atoms with Crippen LogP contribution in [0.2, 0.25) is 0 Å². The molecule has 0 bridgehead atoms. The van der Waals surface area contributed by atoms with Gasteiger partial charge in [-0.05, 0) is 36.6 Å². The summed E-state index contributed by atoms with van der Waals surface area (Å²) < 4.78 is 10.5. The first kappa shape index (κ1) is 17.3. The fourth-order valence-electron chi connectivity index (χ4n) is 2.07. The molecule has 4 heteroatoms. The van der Waals surface area contributed by atoms with E-state index in [1.165, 1.54) is 19.3 Å². The normalized spacial score (nSPS) is 11.8. The fourth-order valence-corrected chi connectivity index (χ4v) is 2.07. The molecule has 4 nitrogen and oxygen atoms in total. The van der Waals surface area contributed by atoms with E-state index in [0.29, 0.717) is 11.7 Å². The molecule has 0 fully saturated rings. The Labute approximate surface area is 127 Å². The van der Waals surface area contributed by atoms with Crippen molar-refractivity contribution in [1.29, 1.82) is 0 Å². The fraction of sp³-hybridized carbons (Fsp3) is 0.588. The van der Waals surface area contributed by atoms with Gasteiger partial charge in [-0.25, -0.2) is 0 Å². The summed E-state index contributed by atoms with van der Waals surface area (Å²) in [6.45, 7) is 5.15. The lowest BCUT2D eigenvalue weighted by Crippen LogP contribution is -2.33. The van der Waals surface area contributed by atoms with E-state index in [-0.39, 0.29) is 12.5 Å². The third kappa shape index (κ3) is 7.02. The average Bonchev–Trinajstić information content (AvgIpc) is 2.53. The minimum absolute atomic E-state index is 0.0521. The number of methoxy groups -OCH3 is 1. The quantitative estimate of drug-likeness (QED) is 0.719. The Morgan fingerprint density at radius 2 is 1.86 bits per heavy atom. The van der Waals surface area contributed by atoms with E-state index in [4.69, 9.17) is 9.47 Å². The van der Waals surface area contributed by atoms with Gasteiger partial charge in [0.2, 0.25) is 0 Å². The molecular weight excluding hydrogens is 266 g/mol. The van der Waals surface area contributed by atoms with Crippen LogP contribution in [0.1, 0.15) is 39.5 Å². The van der Waals surface area contributed by atoms with E-state index >= 15 is 0 Å². The lowest BCUT2D eigenvalue weighted by atomic mass is 9.99. The molecule has 0 radical (unpaired) electrons. The smallest absolute Gasteiger partial charge is 0.257 e. The van der Waals surface area contributed by atoms with Gasteiger partial charge in [0, 0.05) is 6.54 Å². The number of amides is 1. The Balaban J connectivity index is 2.26. The standard InChI is InChI=1S/C17H27NO3/c1-4-6-7-14(5-2)12-18-17(19)13-21-16-10-8-15(20-3)9-11-16/h8-11,14H,4-7,12-13H2,1-3H3,(H,18,19)/t14-/m0/s1. The molecule has 0 saturated heterocycles. The van der Waals surface area contributed by atoms with Gasteiger partial charge in [0.1, 0.15) is 11.5 Å². The van der Waals surface area contributed by atoms with Crippen molar-refractivity contribution in [3.63, 3.8) is 0 Å². The molecule has 1 amide bonds. The Kier molecular flexibility index (Phi) is 8.32. The van der Waals surface area contributed by atoms with Crippen LogP contribution in [-0.4, -0.2) is 26.2 Å². The van der Waals surface area contributed by atoms with Crippen LogP contribution in [-0.2, 0) is 4.79 Å². The van der Waals surface area contributed by atoms with Crippen LogP contribution in [0.25, 0.3) is 0 Å². The molecule has 0 aromatic heterocycles. The van der Waals surface area contributed by atoms with Gasteiger partial charge in [-0.1, -0.05) is 33.1 Å². The number of hydrogen-bond acceptors (Lipinski definition) is 3. The zero-order chi connectivity index (χ0) is 15.5. The van der Waals surface area contributed by atoms with Gasteiger partial charge in [-0.15, -0.1) is 0 Å². The summed E-state index contributed by atoms with van der Waals surface area (Å²) in [4.78, 5) is 11.8.